The molecule has 1 amide bonds. The zero-order chi connectivity index (χ0) is 16.9. The fraction of sp³-hybridized carbons (Fsp3) is 0.450. The van der Waals surface area contributed by atoms with Gasteiger partial charge in [0.15, 0.2) is 0 Å². The topological polar surface area (TPSA) is 32.3 Å². The van der Waals surface area contributed by atoms with Crippen molar-refractivity contribution >= 4 is 28.6 Å². The van der Waals surface area contributed by atoms with E-state index < -0.39 is 0 Å². The van der Waals surface area contributed by atoms with E-state index in [2.05, 4.69) is 41.6 Å². The number of hydrogen-bond acceptors (Lipinski definition) is 3. The Kier molecular flexibility index (Phi) is 5.56. The van der Waals surface area contributed by atoms with Gasteiger partial charge in [0.25, 0.3) is 0 Å². The Morgan fingerprint density at radius 3 is 3.00 bits per heavy atom. The average Bonchev–Trinajstić information content (AvgIpc) is 3.03. The van der Waals surface area contributed by atoms with E-state index in [9.17, 15) is 4.79 Å². The normalized spacial score (nSPS) is 15.0. The molecule has 128 valence electrons. The first-order chi connectivity index (χ1) is 11.7. The summed E-state index contributed by atoms with van der Waals surface area (Å²) in [4.78, 5) is 16.2. The molecule has 24 heavy (non-hydrogen) atoms. The molecule has 0 fully saturated rings. The Bertz CT molecular complexity index is 694. The van der Waals surface area contributed by atoms with E-state index in [-0.39, 0.29) is 5.91 Å². The van der Waals surface area contributed by atoms with Crippen molar-refractivity contribution in [1.29, 1.82) is 0 Å². The van der Waals surface area contributed by atoms with Crippen LogP contribution in [0.25, 0.3) is 0 Å². The van der Waals surface area contributed by atoms with Crippen molar-refractivity contribution in [1.82, 2.24) is 0 Å². The lowest BCUT2D eigenvalue weighted by atomic mass is 10.0. The van der Waals surface area contributed by atoms with Gasteiger partial charge in [-0.25, -0.2) is 0 Å². The molecule has 0 saturated heterocycles. The van der Waals surface area contributed by atoms with Crippen molar-refractivity contribution in [3.05, 3.63) is 46.2 Å². The van der Waals surface area contributed by atoms with E-state index in [0.717, 1.165) is 43.7 Å². The van der Waals surface area contributed by atoms with E-state index in [1.807, 2.05) is 29.5 Å². The molecule has 0 spiro atoms. The van der Waals surface area contributed by atoms with Gasteiger partial charge in [0, 0.05) is 24.4 Å². The number of benzene rings is 1. The molecule has 1 N–H and O–H groups in total. The zero-order valence-corrected chi connectivity index (χ0v) is 15.4. The average molecular weight is 343 g/mol. The molecule has 4 heteroatoms. The smallest absolute Gasteiger partial charge is 0.224 e. The predicted molar refractivity (Wildman–Crippen MR) is 103 cm³/mol. The van der Waals surface area contributed by atoms with Crippen LogP contribution in [0.2, 0.25) is 0 Å². The molecule has 1 aliphatic rings. The van der Waals surface area contributed by atoms with E-state index in [1.165, 1.54) is 10.4 Å². The third-order valence-corrected chi connectivity index (χ3v) is 5.66. The van der Waals surface area contributed by atoms with Crippen LogP contribution in [0.5, 0.6) is 0 Å². The third-order valence-electron chi connectivity index (χ3n) is 4.64. The zero-order valence-electron chi connectivity index (χ0n) is 14.5. The first kappa shape index (κ1) is 17.0. The molecular formula is C20H26N2OS. The summed E-state index contributed by atoms with van der Waals surface area (Å²) in [5.41, 5.74) is 3.49. The maximum atomic E-state index is 12.4. The maximum absolute atomic E-state index is 12.4. The van der Waals surface area contributed by atoms with Gasteiger partial charge in [-0.05, 0) is 41.5 Å². The number of nitrogens with zero attached hydrogens (tertiary/aromatic N) is 1. The van der Waals surface area contributed by atoms with Crippen molar-refractivity contribution < 1.29 is 4.79 Å². The number of anilines is 2. The summed E-state index contributed by atoms with van der Waals surface area (Å²) in [5.74, 6) is 0.558. The van der Waals surface area contributed by atoms with Gasteiger partial charge >= 0.3 is 0 Å². The van der Waals surface area contributed by atoms with E-state index in [0.29, 0.717) is 12.3 Å². The fourth-order valence-electron chi connectivity index (χ4n) is 3.42. The number of hydrogen-bond donors (Lipinski definition) is 1. The molecule has 1 unspecified atom stereocenters. The van der Waals surface area contributed by atoms with Crippen LogP contribution in [0.3, 0.4) is 0 Å². The lowest BCUT2D eigenvalue weighted by Gasteiger charge is -2.30. The summed E-state index contributed by atoms with van der Waals surface area (Å²) >= 11 is 1.85. The number of carbonyl (C=O) groups excluding carboxylic acids is 1. The van der Waals surface area contributed by atoms with Crippen LogP contribution in [0.4, 0.5) is 11.4 Å². The Morgan fingerprint density at radius 1 is 1.33 bits per heavy atom. The molecule has 0 saturated carbocycles. The van der Waals surface area contributed by atoms with E-state index in [4.69, 9.17) is 0 Å². The summed E-state index contributed by atoms with van der Waals surface area (Å²) in [6.07, 6.45) is 3.91. The number of nitrogens with one attached hydrogen (secondary N) is 1. The second kappa shape index (κ2) is 7.84. The van der Waals surface area contributed by atoms with Crippen LogP contribution in [0, 0.1) is 5.92 Å². The van der Waals surface area contributed by atoms with Gasteiger partial charge in [0.1, 0.15) is 0 Å². The Balaban J connectivity index is 1.71. The lowest BCUT2D eigenvalue weighted by molar-refractivity contribution is -0.117. The SMILES string of the molecule is CCCC(C)CC(=O)Nc1ccccc1N1CCc2sccc2C1. The number of carbonyl (C=O) groups is 1. The summed E-state index contributed by atoms with van der Waals surface area (Å²) in [5, 5.41) is 5.31. The molecule has 0 radical (unpaired) electrons. The molecule has 0 bridgehead atoms. The van der Waals surface area contributed by atoms with Crippen molar-refractivity contribution in [2.75, 3.05) is 16.8 Å². The van der Waals surface area contributed by atoms with Crippen LogP contribution in [-0.4, -0.2) is 12.5 Å². The molecule has 1 aromatic heterocycles. The van der Waals surface area contributed by atoms with E-state index in [1.54, 1.807) is 0 Å². The van der Waals surface area contributed by atoms with Crippen molar-refractivity contribution in [3.8, 4) is 0 Å². The number of thiophene rings is 1. The van der Waals surface area contributed by atoms with Gasteiger partial charge in [-0.3, -0.25) is 4.79 Å². The van der Waals surface area contributed by atoms with Crippen LogP contribution in [-0.2, 0) is 17.8 Å². The van der Waals surface area contributed by atoms with Crippen molar-refractivity contribution in [3.63, 3.8) is 0 Å². The molecule has 2 aromatic rings. The monoisotopic (exact) mass is 342 g/mol. The molecular weight excluding hydrogens is 316 g/mol. The van der Waals surface area contributed by atoms with Gasteiger partial charge < -0.3 is 10.2 Å². The van der Waals surface area contributed by atoms with Gasteiger partial charge in [-0.15, -0.1) is 11.3 Å². The molecule has 1 aromatic carbocycles. The number of rotatable bonds is 6. The molecule has 1 atom stereocenters. The standard InChI is InChI=1S/C20H26N2OS/c1-3-6-15(2)13-20(23)21-17-7-4-5-8-18(17)22-11-9-19-16(14-22)10-12-24-19/h4-5,7-8,10,12,15H,3,6,9,11,13-14H2,1-2H3,(H,21,23). The number of para-hydroxylation sites is 2. The number of amides is 1. The second-order valence-corrected chi connectivity index (χ2v) is 7.70. The van der Waals surface area contributed by atoms with Crippen LogP contribution >= 0.6 is 11.3 Å². The van der Waals surface area contributed by atoms with Crippen molar-refractivity contribution in [2.45, 2.75) is 46.1 Å². The van der Waals surface area contributed by atoms with Gasteiger partial charge in [-0.2, -0.15) is 0 Å². The maximum Gasteiger partial charge on any atom is 0.224 e. The fourth-order valence-corrected chi connectivity index (χ4v) is 4.31. The molecule has 2 heterocycles. The summed E-state index contributed by atoms with van der Waals surface area (Å²) < 4.78 is 0. The first-order valence-electron chi connectivity index (χ1n) is 8.86. The minimum atomic E-state index is 0.122. The first-order valence-corrected chi connectivity index (χ1v) is 9.74. The molecule has 3 nitrogen and oxygen atoms in total. The number of fused-ring (bicyclic) bond motifs is 1. The second-order valence-electron chi connectivity index (χ2n) is 6.70. The minimum Gasteiger partial charge on any atom is -0.365 e. The highest BCUT2D eigenvalue weighted by Gasteiger charge is 2.20. The Labute approximate surface area is 148 Å². The lowest BCUT2D eigenvalue weighted by Crippen LogP contribution is -2.30. The van der Waals surface area contributed by atoms with Gasteiger partial charge in [-0.1, -0.05) is 38.8 Å². The quantitative estimate of drug-likeness (QED) is 0.794. The van der Waals surface area contributed by atoms with Gasteiger partial charge in [0.05, 0.1) is 11.4 Å². The summed E-state index contributed by atoms with van der Waals surface area (Å²) in [7, 11) is 0. The molecule has 1 aliphatic heterocycles. The highest BCUT2D eigenvalue weighted by Crippen LogP contribution is 2.32. The predicted octanol–water partition coefficient (Wildman–Crippen LogP) is 5.08. The molecule has 3 rings (SSSR count). The van der Waals surface area contributed by atoms with Crippen LogP contribution in [0.15, 0.2) is 35.7 Å². The van der Waals surface area contributed by atoms with Crippen LogP contribution in [0.1, 0.15) is 43.6 Å². The summed E-state index contributed by atoms with van der Waals surface area (Å²) in [6.45, 7) is 6.25. The Hall–Kier alpha value is -1.81. The third kappa shape index (κ3) is 3.99. The Morgan fingerprint density at radius 2 is 2.17 bits per heavy atom. The minimum absolute atomic E-state index is 0.122. The van der Waals surface area contributed by atoms with Crippen LogP contribution < -0.4 is 10.2 Å². The molecule has 0 aliphatic carbocycles. The highest BCUT2D eigenvalue weighted by atomic mass is 32.1. The van der Waals surface area contributed by atoms with Gasteiger partial charge in [0.2, 0.25) is 5.91 Å². The summed E-state index contributed by atoms with van der Waals surface area (Å²) in [6, 6.07) is 10.4. The largest absolute Gasteiger partial charge is 0.365 e. The highest BCUT2D eigenvalue weighted by molar-refractivity contribution is 7.10. The van der Waals surface area contributed by atoms with Crippen molar-refractivity contribution in [2.24, 2.45) is 5.92 Å². The van der Waals surface area contributed by atoms with E-state index >= 15 is 0 Å².